The summed E-state index contributed by atoms with van der Waals surface area (Å²) in [5.41, 5.74) is 0. The Morgan fingerprint density at radius 3 is 1.31 bits per heavy atom. The van der Waals surface area contributed by atoms with Crippen molar-refractivity contribution in [1.29, 1.82) is 0 Å². The van der Waals surface area contributed by atoms with E-state index < -0.39 is 0 Å². The summed E-state index contributed by atoms with van der Waals surface area (Å²) in [5.74, 6) is 1.88. The summed E-state index contributed by atoms with van der Waals surface area (Å²) in [6.07, 6.45) is 0. The molecular formula is C22H18O4. The van der Waals surface area contributed by atoms with E-state index in [-0.39, 0.29) is 11.5 Å². The molecule has 0 saturated carbocycles. The summed E-state index contributed by atoms with van der Waals surface area (Å²) in [4.78, 5) is 0. The lowest BCUT2D eigenvalue weighted by Gasteiger charge is -2.13. The minimum absolute atomic E-state index is 0.236. The first-order valence-electron chi connectivity index (χ1n) is 8.41. The summed E-state index contributed by atoms with van der Waals surface area (Å²) in [5, 5.41) is 23.1. The van der Waals surface area contributed by atoms with Gasteiger partial charge < -0.3 is 19.7 Å². The molecular weight excluding hydrogens is 328 g/mol. The topological polar surface area (TPSA) is 58.9 Å². The van der Waals surface area contributed by atoms with Crippen LogP contribution in [0, 0.1) is 0 Å². The van der Waals surface area contributed by atoms with Crippen LogP contribution in [-0.4, -0.2) is 23.4 Å². The molecule has 0 atom stereocenters. The third kappa shape index (κ3) is 2.97. The Balaban J connectivity index is 1.47. The van der Waals surface area contributed by atoms with Crippen LogP contribution in [0.2, 0.25) is 0 Å². The molecule has 0 aliphatic heterocycles. The van der Waals surface area contributed by atoms with Gasteiger partial charge in [-0.25, -0.2) is 0 Å². The van der Waals surface area contributed by atoms with E-state index in [2.05, 4.69) is 0 Å². The largest absolute Gasteiger partial charge is 0.507 e. The number of phenolic OH excluding ortho intramolecular Hbond substituents is 2. The second kappa shape index (κ2) is 6.84. The third-order valence-corrected chi connectivity index (χ3v) is 4.32. The van der Waals surface area contributed by atoms with Crippen molar-refractivity contribution >= 4 is 21.5 Å². The van der Waals surface area contributed by atoms with Gasteiger partial charge in [0.1, 0.15) is 36.2 Å². The molecule has 0 saturated heterocycles. The number of benzene rings is 4. The first-order valence-corrected chi connectivity index (χ1v) is 8.41. The fourth-order valence-electron chi connectivity index (χ4n) is 3.07. The first-order chi connectivity index (χ1) is 12.7. The van der Waals surface area contributed by atoms with Crippen molar-refractivity contribution in [2.75, 3.05) is 13.2 Å². The van der Waals surface area contributed by atoms with Crippen molar-refractivity contribution in [1.82, 2.24) is 0 Å². The molecule has 26 heavy (non-hydrogen) atoms. The maximum Gasteiger partial charge on any atom is 0.127 e. The van der Waals surface area contributed by atoms with Gasteiger partial charge in [0.25, 0.3) is 0 Å². The van der Waals surface area contributed by atoms with Crippen molar-refractivity contribution in [3.05, 3.63) is 72.8 Å². The highest BCUT2D eigenvalue weighted by atomic mass is 16.5. The molecule has 4 nitrogen and oxygen atoms in total. The van der Waals surface area contributed by atoms with Crippen LogP contribution in [0.1, 0.15) is 0 Å². The molecule has 0 heterocycles. The fourth-order valence-corrected chi connectivity index (χ4v) is 3.07. The molecule has 4 aromatic carbocycles. The van der Waals surface area contributed by atoms with Crippen LogP contribution in [0.5, 0.6) is 23.0 Å². The molecule has 0 bridgehead atoms. The molecule has 4 aromatic rings. The quantitative estimate of drug-likeness (QED) is 0.507. The summed E-state index contributed by atoms with van der Waals surface area (Å²) >= 11 is 0. The van der Waals surface area contributed by atoms with Crippen LogP contribution in [0.25, 0.3) is 21.5 Å². The zero-order valence-electron chi connectivity index (χ0n) is 14.1. The molecule has 130 valence electrons. The van der Waals surface area contributed by atoms with E-state index in [1.165, 1.54) is 0 Å². The number of fused-ring (bicyclic) bond motifs is 2. The van der Waals surface area contributed by atoms with Gasteiger partial charge in [-0.2, -0.15) is 0 Å². The minimum atomic E-state index is 0.236. The van der Waals surface area contributed by atoms with Gasteiger partial charge in [-0.05, 0) is 24.3 Å². The fraction of sp³-hybridized carbons (Fsp3) is 0.0909. The maximum absolute atomic E-state index is 9.94. The first kappa shape index (κ1) is 16.1. The van der Waals surface area contributed by atoms with Crippen LogP contribution < -0.4 is 9.47 Å². The third-order valence-electron chi connectivity index (χ3n) is 4.32. The van der Waals surface area contributed by atoms with E-state index in [4.69, 9.17) is 9.47 Å². The second-order valence-corrected chi connectivity index (χ2v) is 5.95. The van der Waals surface area contributed by atoms with Crippen molar-refractivity contribution in [3.8, 4) is 23.0 Å². The Morgan fingerprint density at radius 1 is 0.500 bits per heavy atom. The average Bonchev–Trinajstić information content (AvgIpc) is 2.69. The van der Waals surface area contributed by atoms with Crippen LogP contribution in [0.15, 0.2) is 72.8 Å². The number of phenols is 2. The van der Waals surface area contributed by atoms with E-state index in [0.29, 0.717) is 24.7 Å². The number of ether oxygens (including phenoxy) is 2. The molecule has 2 N–H and O–H groups in total. The van der Waals surface area contributed by atoms with Crippen LogP contribution >= 0.6 is 0 Å². The normalized spacial score (nSPS) is 10.9. The van der Waals surface area contributed by atoms with Gasteiger partial charge in [-0.3, -0.25) is 0 Å². The Kier molecular flexibility index (Phi) is 4.23. The van der Waals surface area contributed by atoms with Crippen LogP contribution in [-0.2, 0) is 0 Å². The SMILES string of the molecule is Oc1ccc(OCCOc2ccc(O)c3ccccc23)c2ccccc12. The maximum atomic E-state index is 9.94. The monoisotopic (exact) mass is 346 g/mol. The van der Waals surface area contributed by atoms with E-state index in [9.17, 15) is 10.2 Å². The van der Waals surface area contributed by atoms with Gasteiger partial charge in [0.15, 0.2) is 0 Å². The molecule has 4 rings (SSSR count). The van der Waals surface area contributed by atoms with Crippen molar-refractivity contribution in [2.45, 2.75) is 0 Å². The highest BCUT2D eigenvalue weighted by Gasteiger charge is 2.07. The molecule has 0 unspecified atom stereocenters. The Morgan fingerprint density at radius 2 is 0.885 bits per heavy atom. The smallest absolute Gasteiger partial charge is 0.127 e. The number of rotatable bonds is 5. The highest BCUT2D eigenvalue weighted by Crippen LogP contribution is 2.33. The van der Waals surface area contributed by atoms with Crippen LogP contribution in [0.3, 0.4) is 0 Å². The van der Waals surface area contributed by atoms with Gasteiger partial charge in [0.2, 0.25) is 0 Å². The molecule has 0 fully saturated rings. The van der Waals surface area contributed by atoms with E-state index in [1.807, 2.05) is 48.5 Å². The lowest BCUT2D eigenvalue weighted by Crippen LogP contribution is -2.09. The number of aromatic hydroxyl groups is 2. The zero-order chi connectivity index (χ0) is 17.9. The van der Waals surface area contributed by atoms with Crippen molar-refractivity contribution in [2.24, 2.45) is 0 Å². The van der Waals surface area contributed by atoms with Crippen molar-refractivity contribution in [3.63, 3.8) is 0 Å². The van der Waals surface area contributed by atoms with Crippen molar-refractivity contribution < 1.29 is 19.7 Å². The van der Waals surface area contributed by atoms with Gasteiger partial charge in [-0.1, -0.05) is 48.5 Å². The molecule has 0 radical (unpaired) electrons. The second-order valence-electron chi connectivity index (χ2n) is 5.95. The number of hydrogen-bond acceptors (Lipinski definition) is 4. The minimum Gasteiger partial charge on any atom is -0.507 e. The van der Waals surface area contributed by atoms with Crippen LogP contribution in [0.4, 0.5) is 0 Å². The predicted octanol–water partition coefficient (Wildman–Crippen LogP) is 4.86. The summed E-state index contributed by atoms with van der Waals surface area (Å²) in [6.45, 7) is 0.730. The van der Waals surface area contributed by atoms with E-state index in [0.717, 1.165) is 21.5 Å². The lowest BCUT2D eigenvalue weighted by atomic mass is 10.1. The van der Waals surface area contributed by atoms with Gasteiger partial charge >= 0.3 is 0 Å². The number of hydrogen-bond donors (Lipinski definition) is 2. The summed E-state index contributed by atoms with van der Waals surface area (Å²) in [7, 11) is 0. The van der Waals surface area contributed by atoms with Gasteiger partial charge in [-0.15, -0.1) is 0 Å². The van der Waals surface area contributed by atoms with Gasteiger partial charge in [0.05, 0.1) is 0 Å². The molecule has 0 aliphatic carbocycles. The van der Waals surface area contributed by atoms with Gasteiger partial charge in [0, 0.05) is 21.5 Å². The van der Waals surface area contributed by atoms with E-state index in [1.54, 1.807) is 24.3 Å². The average molecular weight is 346 g/mol. The summed E-state index contributed by atoms with van der Waals surface area (Å²) in [6, 6.07) is 21.9. The Bertz CT molecular complexity index is 985. The molecule has 0 aliphatic rings. The Hall–Kier alpha value is -3.40. The zero-order valence-corrected chi connectivity index (χ0v) is 14.1. The Labute approximate surface area is 150 Å². The predicted molar refractivity (Wildman–Crippen MR) is 102 cm³/mol. The highest BCUT2D eigenvalue weighted by molar-refractivity contribution is 5.93. The molecule has 0 aromatic heterocycles. The lowest BCUT2D eigenvalue weighted by molar-refractivity contribution is 0.220. The standard InChI is InChI=1S/C22H18O4/c23-19-9-11-21(17-7-3-1-5-15(17)19)25-13-14-26-22-12-10-20(24)16-6-2-4-8-18(16)22/h1-12,23-24H,13-14H2. The molecule has 0 amide bonds. The summed E-state index contributed by atoms with van der Waals surface area (Å²) < 4.78 is 11.7. The van der Waals surface area contributed by atoms with E-state index >= 15 is 0 Å². The molecule has 4 heteroatoms. The molecule has 0 spiro atoms.